The molecule has 2 aromatic heterocycles. The van der Waals surface area contributed by atoms with E-state index in [2.05, 4.69) is 41.5 Å². The van der Waals surface area contributed by atoms with Crippen molar-refractivity contribution in [3.05, 3.63) is 28.0 Å². The average molecular weight is 279 g/mol. The van der Waals surface area contributed by atoms with Gasteiger partial charge in [0.1, 0.15) is 0 Å². The lowest BCUT2D eigenvalue weighted by molar-refractivity contribution is 0.586. The molecule has 104 valence electrons. The molecule has 2 heterocycles. The van der Waals surface area contributed by atoms with Gasteiger partial charge in [-0.1, -0.05) is 18.3 Å². The van der Waals surface area contributed by atoms with Crippen LogP contribution in [0.25, 0.3) is 0 Å². The van der Waals surface area contributed by atoms with Crippen molar-refractivity contribution in [1.29, 1.82) is 0 Å². The minimum absolute atomic E-state index is 0.0401. The van der Waals surface area contributed by atoms with Crippen LogP contribution in [0.2, 0.25) is 0 Å². The molecule has 1 unspecified atom stereocenters. The maximum Gasteiger partial charge on any atom is 0.0801 e. The Kier molecular flexibility index (Phi) is 4.66. The van der Waals surface area contributed by atoms with Crippen LogP contribution in [0.15, 0.2) is 6.07 Å². The number of rotatable bonds is 6. The van der Waals surface area contributed by atoms with E-state index in [4.69, 9.17) is 5.73 Å². The Hall–Kier alpha value is -1.27. The molecule has 0 saturated carbocycles. The largest absolute Gasteiger partial charge is 0.323 e. The summed E-state index contributed by atoms with van der Waals surface area (Å²) in [6.45, 7) is 7.18. The fraction of sp³-hybridized carbons (Fsp3) is 0.615. The first-order chi connectivity index (χ1) is 9.19. The first-order valence-electron chi connectivity index (χ1n) is 6.81. The summed E-state index contributed by atoms with van der Waals surface area (Å²) in [5, 5.41) is 8.68. The van der Waals surface area contributed by atoms with E-state index in [9.17, 15) is 0 Å². The lowest BCUT2D eigenvalue weighted by atomic mass is 10.1. The molecule has 0 aliphatic heterocycles. The molecule has 0 aliphatic rings. The topological polar surface area (TPSA) is 69.6 Å². The van der Waals surface area contributed by atoms with Crippen LogP contribution in [0.4, 0.5) is 0 Å². The number of hydrogen-bond acceptors (Lipinski definition) is 5. The Morgan fingerprint density at radius 2 is 2.11 bits per heavy atom. The zero-order valence-corrected chi connectivity index (χ0v) is 12.6. The van der Waals surface area contributed by atoms with E-state index in [0.717, 1.165) is 42.1 Å². The van der Waals surface area contributed by atoms with Gasteiger partial charge in [-0.3, -0.25) is 4.68 Å². The maximum absolute atomic E-state index is 6.31. The van der Waals surface area contributed by atoms with Crippen LogP contribution in [-0.4, -0.2) is 19.4 Å². The summed E-state index contributed by atoms with van der Waals surface area (Å²) in [7, 11) is 0. The number of aryl methyl sites for hydroxylation is 3. The highest BCUT2D eigenvalue weighted by molar-refractivity contribution is 7.05. The zero-order chi connectivity index (χ0) is 13.8. The average Bonchev–Trinajstić information content (AvgIpc) is 3.04. The molecule has 5 nitrogen and oxygen atoms in total. The molecule has 2 aromatic rings. The van der Waals surface area contributed by atoms with Crippen LogP contribution in [0.3, 0.4) is 0 Å². The van der Waals surface area contributed by atoms with E-state index >= 15 is 0 Å². The SMILES string of the molecule is CCc1cc(CC(N)c2snnc2CC)n(CC)n1. The Labute approximate surface area is 118 Å². The molecule has 0 aliphatic carbocycles. The number of hydrogen-bond donors (Lipinski definition) is 1. The van der Waals surface area contributed by atoms with Crippen molar-refractivity contribution in [3.8, 4) is 0 Å². The van der Waals surface area contributed by atoms with Crippen molar-refractivity contribution in [2.45, 2.75) is 52.6 Å². The molecule has 0 fully saturated rings. The van der Waals surface area contributed by atoms with E-state index in [1.807, 2.05) is 4.68 Å². The summed E-state index contributed by atoms with van der Waals surface area (Å²) in [5.41, 5.74) is 9.66. The fourth-order valence-corrected chi connectivity index (χ4v) is 2.92. The normalized spacial score (nSPS) is 12.8. The third-order valence-electron chi connectivity index (χ3n) is 3.26. The van der Waals surface area contributed by atoms with Crippen molar-refractivity contribution in [2.24, 2.45) is 5.73 Å². The van der Waals surface area contributed by atoms with Gasteiger partial charge in [-0.15, -0.1) is 5.10 Å². The standard InChI is InChI=1S/C13H21N5S/c1-4-9-7-10(18(6-3)16-9)8-11(14)13-12(5-2)15-17-19-13/h7,11H,4-6,8,14H2,1-3H3. The molecular formula is C13H21N5S. The van der Waals surface area contributed by atoms with Gasteiger partial charge in [0.25, 0.3) is 0 Å². The first kappa shape index (κ1) is 14.1. The van der Waals surface area contributed by atoms with Crippen molar-refractivity contribution in [3.63, 3.8) is 0 Å². The van der Waals surface area contributed by atoms with Crippen molar-refractivity contribution in [2.75, 3.05) is 0 Å². The number of nitrogens with zero attached hydrogens (tertiary/aromatic N) is 4. The summed E-state index contributed by atoms with van der Waals surface area (Å²) in [5.74, 6) is 0. The molecule has 1 atom stereocenters. The molecule has 0 radical (unpaired) electrons. The molecule has 0 aromatic carbocycles. The van der Waals surface area contributed by atoms with Crippen LogP contribution >= 0.6 is 11.5 Å². The monoisotopic (exact) mass is 279 g/mol. The molecule has 2 N–H and O–H groups in total. The van der Waals surface area contributed by atoms with Crippen molar-refractivity contribution < 1.29 is 0 Å². The highest BCUT2D eigenvalue weighted by Gasteiger charge is 2.17. The second kappa shape index (κ2) is 6.25. The Balaban J connectivity index is 2.18. The van der Waals surface area contributed by atoms with Crippen LogP contribution in [0.1, 0.15) is 48.8 Å². The fourth-order valence-electron chi connectivity index (χ4n) is 2.19. The molecule has 2 rings (SSSR count). The van der Waals surface area contributed by atoms with Gasteiger partial charge in [0, 0.05) is 24.7 Å². The molecule has 0 spiro atoms. The predicted molar refractivity (Wildman–Crippen MR) is 77.2 cm³/mol. The van der Waals surface area contributed by atoms with E-state index in [-0.39, 0.29) is 6.04 Å². The predicted octanol–water partition coefficient (Wildman–Crippen LogP) is 2.12. The Morgan fingerprint density at radius 1 is 1.32 bits per heavy atom. The second-order valence-corrected chi connectivity index (χ2v) is 5.33. The van der Waals surface area contributed by atoms with E-state index < -0.39 is 0 Å². The summed E-state index contributed by atoms with van der Waals surface area (Å²) >= 11 is 1.41. The van der Waals surface area contributed by atoms with Gasteiger partial charge < -0.3 is 5.73 Å². The van der Waals surface area contributed by atoms with Crippen LogP contribution < -0.4 is 5.73 Å². The summed E-state index contributed by atoms with van der Waals surface area (Å²) in [4.78, 5) is 1.10. The van der Waals surface area contributed by atoms with Gasteiger partial charge in [0.15, 0.2) is 0 Å². The van der Waals surface area contributed by atoms with E-state index in [1.54, 1.807) is 0 Å². The van der Waals surface area contributed by atoms with Crippen LogP contribution in [0.5, 0.6) is 0 Å². The van der Waals surface area contributed by atoms with Crippen LogP contribution in [-0.2, 0) is 25.8 Å². The minimum Gasteiger partial charge on any atom is -0.323 e. The highest BCUT2D eigenvalue weighted by atomic mass is 32.1. The summed E-state index contributed by atoms with van der Waals surface area (Å²) in [6, 6.07) is 2.12. The van der Waals surface area contributed by atoms with Crippen molar-refractivity contribution in [1.82, 2.24) is 19.4 Å². The summed E-state index contributed by atoms with van der Waals surface area (Å²) in [6.07, 6.45) is 2.63. The van der Waals surface area contributed by atoms with Gasteiger partial charge in [-0.2, -0.15) is 5.10 Å². The zero-order valence-electron chi connectivity index (χ0n) is 11.8. The van der Waals surface area contributed by atoms with E-state index in [1.165, 1.54) is 17.2 Å². The van der Waals surface area contributed by atoms with Gasteiger partial charge >= 0.3 is 0 Å². The Bertz CT molecular complexity index is 531. The highest BCUT2D eigenvalue weighted by Crippen LogP contribution is 2.23. The summed E-state index contributed by atoms with van der Waals surface area (Å²) < 4.78 is 6.05. The lowest BCUT2D eigenvalue weighted by Gasteiger charge is -2.11. The first-order valence-corrected chi connectivity index (χ1v) is 7.59. The van der Waals surface area contributed by atoms with Gasteiger partial charge in [-0.25, -0.2) is 0 Å². The van der Waals surface area contributed by atoms with Gasteiger partial charge in [0.2, 0.25) is 0 Å². The minimum atomic E-state index is -0.0401. The molecule has 0 amide bonds. The molecule has 6 heteroatoms. The van der Waals surface area contributed by atoms with Gasteiger partial charge in [-0.05, 0) is 37.4 Å². The molecule has 0 bridgehead atoms. The number of nitrogens with two attached hydrogens (primary N) is 1. The van der Waals surface area contributed by atoms with Crippen molar-refractivity contribution >= 4 is 11.5 Å². The Morgan fingerprint density at radius 3 is 2.74 bits per heavy atom. The molecule has 19 heavy (non-hydrogen) atoms. The lowest BCUT2D eigenvalue weighted by Crippen LogP contribution is -2.16. The van der Waals surface area contributed by atoms with Crippen LogP contribution in [0, 0.1) is 0 Å². The third kappa shape index (κ3) is 3.01. The van der Waals surface area contributed by atoms with Gasteiger partial charge in [0.05, 0.1) is 16.3 Å². The quantitative estimate of drug-likeness (QED) is 0.879. The maximum atomic E-state index is 6.31. The molecule has 0 saturated heterocycles. The smallest absolute Gasteiger partial charge is 0.0801 e. The second-order valence-electron chi connectivity index (χ2n) is 4.54. The number of aromatic nitrogens is 4. The third-order valence-corrected chi connectivity index (χ3v) is 4.16. The van der Waals surface area contributed by atoms with E-state index in [0.29, 0.717) is 0 Å². The molecular weight excluding hydrogens is 258 g/mol.